The van der Waals surface area contributed by atoms with Crippen molar-refractivity contribution >= 4 is 11.6 Å². The fourth-order valence-corrected chi connectivity index (χ4v) is 1.06. The van der Waals surface area contributed by atoms with Crippen molar-refractivity contribution in [2.75, 3.05) is 5.88 Å². The molecule has 1 aromatic rings. The Morgan fingerprint density at radius 3 is 2.85 bits per heavy atom. The SMILES string of the molecule is CC(CCl)Cn1[nH]c(=O)ccc1=O. The highest BCUT2D eigenvalue weighted by Crippen LogP contribution is 1.98. The van der Waals surface area contributed by atoms with Crippen molar-refractivity contribution in [2.45, 2.75) is 13.5 Å². The van der Waals surface area contributed by atoms with Crippen LogP contribution in [0.25, 0.3) is 0 Å². The number of rotatable bonds is 3. The molecule has 0 fully saturated rings. The van der Waals surface area contributed by atoms with Crippen LogP contribution in [0.15, 0.2) is 21.7 Å². The number of H-pyrrole nitrogens is 1. The lowest BCUT2D eigenvalue weighted by Gasteiger charge is -2.08. The summed E-state index contributed by atoms with van der Waals surface area (Å²) in [7, 11) is 0. The molecule has 0 amide bonds. The highest BCUT2D eigenvalue weighted by Gasteiger charge is 2.02. The van der Waals surface area contributed by atoms with Crippen LogP contribution in [-0.2, 0) is 6.54 Å². The summed E-state index contributed by atoms with van der Waals surface area (Å²) in [6.45, 7) is 2.35. The van der Waals surface area contributed by atoms with Crippen LogP contribution in [0.2, 0.25) is 0 Å². The highest BCUT2D eigenvalue weighted by atomic mass is 35.5. The Morgan fingerprint density at radius 2 is 2.23 bits per heavy atom. The molecule has 1 atom stereocenters. The summed E-state index contributed by atoms with van der Waals surface area (Å²) in [5.41, 5.74) is -0.488. The van der Waals surface area contributed by atoms with Gasteiger partial charge in [-0.2, -0.15) is 0 Å². The van der Waals surface area contributed by atoms with E-state index in [0.717, 1.165) is 0 Å². The number of hydrogen-bond donors (Lipinski definition) is 1. The smallest absolute Gasteiger partial charge is 0.265 e. The van der Waals surface area contributed by atoms with Crippen molar-refractivity contribution in [3.63, 3.8) is 0 Å². The van der Waals surface area contributed by atoms with Gasteiger partial charge in [-0.25, -0.2) is 4.68 Å². The highest BCUT2D eigenvalue weighted by molar-refractivity contribution is 6.18. The van der Waals surface area contributed by atoms with Crippen molar-refractivity contribution < 1.29 is 0 Å². The molecule has 0 aliphatic carbocycles. The molecule has 0 radical (unpaired) electrons. The van der Waals surface area contributed by atoms with Gasteiger partial charge < -0.3 is 0 Å². The lowest BCUT2D eigenvalue weighted by molar-refractivity contribution is 0.463. The third-order valence-electron chi connectivity index (χ3n) is 1.65. The number of aromatic nitrogens is 2. The van der Waals surface area contributed by atoms with Gasteiger partial charge in [0.2, 0.25) is 0 Å². The summed E-state index contributed by atoms with van der Waals surface area (Å²) in [5.74, 6) is 0.626. The first-order valence-electron chi connectivity index (χ1n) is 3.99. The molecule has 0 bridgehead atoms. The standard InChI is InChI=1S/C8H11ClN2O2/c1-6(4-9)5-11-8(13)3-2-7(12)10-11/h2-3,6H,4-5H2,1H3,(H,10,12). The zero-order valence-corrected chi connectivity index (χ0v) is 8.04. The largest absolute Gasteiger partial charge is 0.268 e. The molecule has 0 spiro atoms. The lowest BCUT2D eigenvalue weighted by Crippen LogP contribution is -2.30. The van der Waals surface area contributed by atoms with Gasteiger partial charge in [-0.3, -0.25) is 14.7 Å². The van der Waals surface area contributed by atoms with Crippen molar-refractivity contribution in [3.8, 4) is 0 Å². The number of nitrogens with one attached hydrogen (secondary N) is 1. The monoisotopic (exact) mass is 202 g/mol. The van der Waals surface area contributed by atoms with Crippen LogP contribution >= 0.6 is 11.6 Å². The topological polar surface area (TPSA) is 54.9 Å². The minimum atomic E-state index is -0.277. The minimum absolute atomic E-state index is 0.164. The summed E-state index contributed by atoms with van der Waals surface area (Å²) >= 11 is 5.59. The van der Waals surface area contributed by atoms with Crippen molar-refractivity contribution in [1.82, 2.24) is 9.78 Å². The van der Waals surface area contributed by atoms with Crippen molar-refractivity contribution in [3.05, 3.63) is 32.8 Å². The number of aromatic amines is 1. The van der Waals surface area contributed by atoms with Crippen LogP contribution in [0, 0.1) is 5.92 Å². The van der Waals surface area contributed by atoms with Crippen molar-refractivity contribution in [2.24, 2.45) is 5.92 Å². The Hall–Kier alpha value is -1.03. The van der Waals surface area contributed by atoms with Crippen LogP contribution < -0.4 is 11.1 Å². The fraction of sp³-hybridized carbons (Fsp3) is 0.500. The van der Waals surface area contributed by atoms with Gasteiger partial charge in [0, 0.05) is 24.6 Å². The molecule has 0 saturated carbocycles. The predicted molar refractivity (Wildman–Crippen MR) is 51.2 cm³/mol. The predicted octanol–water partition coefficient (Wildman–Crippen LogP) is 0.412. The maximum Gasteiger partial charge on any atom is 0.265 e. The van der Waals surface area contributed by atoms with Crippen LogP contribution in [0.4, 0.5) is 0 Å². The zero-order valence-electron chi connectivity index (χ0n) is 7.29. The molecular formula is C8H11ClN2O2. The minimum Gasteiger partial charge on any atom is -0.268 e. The molecule has 1 unspecified atom stereocenters. The van der Waals surface area contributed by atoms with E-state index in [1.54, 1.807) is 0 Å². The Labute approximate surface area is 80.1 Å². The Balaban J connectivity index is 2.94. The van der Waals surface area contributed by atoms with Gasteiger partial charge in [0.15, 0.2) is 0 Å². The second-order valence-corrected chi connectivity index (χ2v) is 3.33. The molecule has 0 aliphatic heterocycles. The number of alkyl halides is 1. The molecule has 4 nitrogen and oxygen atoms in total. The van der Waals surface area contributed by atoms with Gasteiger partial charge in [0.1, 0.15) is 0 Å². The van der Waals surface area contributed by atoms with Gasteiger partial charge in [0.25, 0.3) is 11.1 Å². The molecule has 0 aromatic carbocycles. The summed E-state index contributed by atoms with van der Waals surface area (Å²) < 4.78 is 1.27. The van der Waals surface area contributed by atoms with Gasteiger partial charge in [-0.1, -0.05) is 6.92 Å². The third-order valence-corrected chi connectivity index (χ3v) is 2.17. The van der Waals surface area contributed by atoms with Gasteiger partial charge in [-0.15, -0.1) is 11.6 Å². The molecule has 0 aliphatic rings. The van der Waals surface area contributed by atoms with Crippen LogP contribution in [0.5, 0.6) is 0 Å². The first-order valence-corrected chi connectivity index (χ1v) is 4.53. The van der Waals surface area contributed by atoms with E-state index >= 15 is 0 Å². The van der Waals surface area contributed by atoms with Crippen LogP contribution in [0.3, 0.4) is 0 Å². The summed E-state index contributed by atoms with van der Waals surface area (Å²) in [6.07, 6.45) is 0. The number of hydrogen-bond acceptors (Lipinski definition) is 2. The Kier molecular flexibility index (Phi) is 3.31. The third kappa shape index (κ3) is 2.73. The summed E-state index contributed by atoms with van der Waals surface area (Å²) in [4.78, 5) is 22.0. The summed E-state index contributed by atoms with van der Waals surface area (Å²) in [6, 6.07) is 2.46. The van der Waals surface area contributed by atoms with Gasteiger partial charge in [-0.05, 0) is 5.92 Å². The maximum atomic E-state index is 11.2. The average molecular weight is 203 g/mol. The van der Waals surface area contributed by atoms with Crippen LogP contribution in [0.1, 0.15) is 6.92 Å². The quantitative estimate of drug-likeness (QED) is 0.722. The molecule has 1 heterocycles. The van der Waals surface area contributed by atoms with E-state index < -0.39 is 0 Å². The Bertz CT molecular complexity index is 382. The van der Waals surface area contributed by atoms with E-state index in [1.807, 2.05) is 6.92 Å². The molecule has 1 N–H and O–H groups in total. The molecular weight excluding hydrogens is 192 g/mol. The summed E-state index contributed by atoms with van der Waals surface area (Å²) in [5, 5.41) is 2.43. The molecule has 1 rings (SSSR count). The molecule has 1 aromatic heterocycles. The normalized spacial score (nSPS) is 12.8. The van der Waals surface area contributed by atoms with E-state index in [1.165, 1.54) is 16.8 Å². The first kappa shape index (κ1) is 10.1. The zero-order chi connectivity index (χ0) is 9.84. The molecule has 5 heteroatoms. The van der Waals surface area contributed by atoms with Crippen LogP contribution in [-0.4, -0.2) is 15.7 Å². The average Bonchev–Trinajstić information content (AvgIpc) is 2.11. The van der Waals surface area contributed by atoms with E-state index in [2.05, 4.69) is 5.10 Å². The lowest BCUT2D eigenvalue weighted by atomic mass is 10.2. The molecule has 0 saturated heterocycles. The second kappa shape index (κ2) is 4.28. The fourth-order valence-electron chi connectivity index (χ4n) is 0.958. The Morgan fingerprint density at radius 1 is 1.54 bits per heavy atom. The van der Waals surface area contributed by atoms with Crippen molar-refractivity contribution in [1.29, 1.82) is 0 Å². The van der Waals surface area contributed by atoms with E-state index in [4.69, 9.17) is 11.6 Å². The molecule has 72 valence electrons. The number of nitrogens with zero attached hydrogens (tertiary/aromatic N) is 1. The van der Waals surface area contributed by atoms with E-state index in [0.29, 0.717) is 12.4 Å². The number of halogens is 1. The van der Waals surface area contributed by atoms with Gasteiger partial charge in [0.05, 0.1) is 0 Å². The van der Waals surface area contributed by atoms with E-state index in [-0.39, 0.29) is 17.0 Å². The maximum absolute atomic E-state index is 11.2. The first-order chi connectivity index (χ1) is 6.13. The second-order valence-electron chi connectivity index (χ2n) is 3.02. The van der Waals surface area contributed by atoms with E-state index in [9.17, 15) is 9.59 Å². The molecule has 13 heavy (non-hydrogen) atoms. The van der Waals surface area contributed by atoms with Gasteiger partial charge >= 0.3 is 0 Å².